The molecule has 0 aromatic heterocycles. The van der Waals surface area contributed by atoms with Crippen LogP contribution in [0.1, 0.15) is 13.3 Å². The zero-order valence-electron chi connectivity index (χ0n) is 4.57. The Morgan fingerprint density at radius 2 is 1.75 bits per heavy atom. The standard InChI is InChI=1S/C3H10S4Si/c1-2-3(4)8(5,6)7/h3-7H,2H2,1H3. The van der Waals surface area contributed by atoms with Gasteiger partial charge in [-0.15, -0.1) is 0 Å². The minimum atomic E-state index is -1.81. The van der Waals surface area contributed by atoms with Gasteiger partial charge in [0.15, 0.2) is 0 Å². The zero-order chi connectivity index (χ0) is 6.78. The van der Waals surface area contributed by atoms with Gasteiger partial charge in [0, 0.05) is 4.87 Å². The SMILES string of the molecule is CCC(S)[Si](S)(S)S. The fraction of sp³-hybridized carbons (Fsp3) is 1.00. The van der Waals surface area contributed by atoms with E-state index in [2.05, 4.69) is 55.8 Å². The summed E-state index contributed by atoms with van der Waals surface area (Å²) >= 11 is 16.9. The summed E-state index contributed by atoms with van der Waals surface area (Å²) in [4.78, 5) is 0.275. The highest BCUT2D eigenvalue weighted by atomic mass is 32.7. The van der Waals surface area contributed by atoms with Gasteiger partial charge in [-0.2, -0.15) is 48.9 Å². The summed E-state index contributed by atoms with van der Waals surface area (Å²) < 4.78 is 0. The van der Waals surface area contributed by atoms with E-state index in [4.69, 9.17) is 0 Å². The Labute approximate surface area is 72.4 Å². The molecule has 1 unspecified atom stereocenters. The fourth-order valence-electron chi connectivity index (χ4n) is 0.274. The van der Waals surface area contributed by atoms with E-state index < -0.39 is 5.52 Å². The molecule has 5 heteroatoms. The summed E-state index contributed by atoms with van der Waals surface area (Å²) in [5, 5.41) is 0. The highest BCUT2D eigenvalue weighted by Gasteiger charge is 2.26. The summed E-state index contributed by atoms with van der Waals surface area (Å²) in [5.41, 5.74) is -1.81. The molecule has 0 saturated carbocycles. The van der Waals surface area contributed by atoms with Gasteiger partial charge in [-0.05, 0) is 6.42 Å². The minimum Gasteiger partial charge on any atom is -0.179 e. The van der Waals surface area contributed by atoms with Crippen LogP contribution in [0.2, 0.25) is 0 Å². The van der Waals surface area contributed by atoms with Gasteiger partial charge in [0.2, 0.25) is 5.52 Å². The Hall–Kier alpha value is 1.62. The first-order chi connectivity index (χ1) is 3.48. The normalized spacial score (nSPS) is 16.1. The van der Waals surface area contributed by atoms with Gasteiger partial charge in [-0.25, -0.2) is 0 Å². The average Bonchev–Trinajstić information content (AvgIpc) is 1.62. The van der Waals surface area contributed by atoms with E-state index in [9.17, 15) is 0 Å². The monoisotopic (exact) mass is 202 g/mol. The Balaban J connectivity index is 3.62. The van der Waals surface area contributed by atoms with Crippen LogP contribution < -0.4 is 0 Å². The van der Waals surface area contributed by atoms with E-state index in [1.807, 2.05) is 0 Å². The molecule has 50 valence electrons. The highest BCUT2D eigenvalue weighted by Crippen LogP contribution is 2.27. The highest BCUT2D eigenvalue weighted by molar-refractivity contribution is 8.69. The summed E-state index contributed by atoms with van der Waals surface area (Å²) in [6, 6.07) is 0. The zero-order valence-corrected chi connectivity index (χ0v) is 9.15. The van der Waals surface area contributed by atoms with Crippen LogP contribution >= 0.6 is 48.9 Å². The number of rotatable bonds is 2. The van der Waals surface area contributed by atoms with Crippen molar-refractivity contribution in [2.24, 2.45) is 0 Å². The van der Waals surface area contributed by atoms with Crippen LogP contribution in [0.25, 0.3) is 0 Å². The van der Waals surface area contributed by atoms with Crippen molar-refractivity contribution in [2.45, 2.75) is 18.2 Å². The molecule has 0 rings (SSSR count). The van der Waals surface area contributed by atoms with Crippen LogP contribution in [0.15, 0.2) is 0 Å². The number of thiol groups is 4. The van der Waals surface area contributed by atoms with Crippen molar-refractivity contribution in [3.63, 3.8) is 0 Å². The van der Waals surface area contributed by atoms with Crippen molar-refractivity contribution in [2.75, 3.05) is 0 Å². The van der Waals surface area contributed by atoms with Gasteiger partial charge in [0.05, 0.1) is 0 Å². The van der Waals surface area contributed by atoms with Gasteiger partial charge in [0.1, 0.15) is 0 Å². The Kier molecular flexibility index (Phi) is 4.45. The number of hydrogen-bond donors (Lipinski definition) is 4. The molecular weight excluding hydrogens is 192 g/mol. The van der Waals surface area contributed by atoms with Crippen LogP contribution in [0.5, 0.6) is 0 Å². The van der Waals surface area contributed by atoms with Crippen molar-refractivity contribution in [1.82, 2.24) is 0 Å². The summed E-state index contributed by atoms with van der Waals surface area (Å²) in [6.07, 6.45) is 0.992. The van der Waals surface area contributed by atoms with E-state index in [1.54, 1.807) is 0 Å². The molecule has 0 heterocycles. The van der Waals surface area contributed by atoms with Crippen LogP contribution in [0.4, 0.5) is 0 Å². The average molecular weight is 202 g/mol. The van der Waals surface area contributed by atoms with Crippen LogP contribution in [-0.4, -0.2) is 10.4 Å². The molecular formula is C3H10S4Si. The molecule has 0 aromatic rings. The molecule has 0 N–H and O–H groups in total. The van der Waals surface area contributed by atoms with Crippen molar-refractivity contribution >= 4 is 54.4 Å². The molecule has 0 aliphatic rings. The lowest BCUT2D eigenvalue weighted by atomic mass is 10.6. The third-order valence-corrected chi connectivity index (χ3v) is 8.30. The Bertz CT molecular complexity index is 68.2. The first-order valence-corrected chi connectivity index (χ1v) is 8.79. The van der Waals surface area contributed by atoms with Gasteiger partial charge in [0.25, 0.3) is 0 Å². The topological polar surface area (TPSA) is 0 Å². The predicted molar refractivity (Wildman–Crippen MR) is 55.8 cm³/mol. The Morgan fingerprint density at radius 3 is 1.75 bits per heavy atom. The third kappa shape index (κ3) is 3.61. The fourth-order valence-corrected chi connectivity index (χ4v) is 2.46. The molecule has 0 bridgehead atoms. The van der Waals surface area contributed by atoms with Crippen LogP contribution in [0, 0.1) is 0 Å². The maximum Gasteiger partial charge on any atom is 0.241 e. The van der Waals surface area contributed by atoms with E-state index in [-0.39, 0.29) is 4.87 Å². The molecule has 0 spiro atoms. The van der Waals surface area contributed by atoms with Crippen molar-refractivity contribution in [3.05, 3.63) is 0 Å². The lowest BCUT2D eigenvalue weighted by Gasteiger charge is -2.17. The van der Waals surface area contributed by atoms with Crippen LogP contribution in [-0.2, 0) is 0 Å². The lowest BCUT2D eigenvalue weighted by Crippen LogP contribution is -2.25. The molecule has 0 fully saturated rings. The first-order valence-electron chi connectivity index (χ1n) is 2.33. The maximum atomic E-state index is 4.24. The molecule has 0 aliphatic carbocycles. The maximum absolute atomic E-state index is 4.24. The molecule has 0 amide bonds. The second-order valence-electron chi connectivity index (χ2n) is 1.61. The molecule has 0 nitrogen and oxygen atoms in total. The second-order valence-corrected chi connectivity index (χ2v) is 14.3. The van der Waals surface area contributed by atoms with Crippen molar-refractivity contribution in [3.8, 4) is 0 Å². The smallest absolute Gasteiger partial charge is 0.179 e. The van der Waals surface area contributed by atoms with Gasteiger partial charge in [-0.3, -0.25) is 0 Å². The molecule has 0 aromatic carbocycles. The minimum absolute atomic E-state index is 0.275. The van der Waals surface area contributed by atoms with Crippen molar-refractivity contribution < 1.29 is 0 Å². The quantitative estimate of drug-likeness (QED) is 0.382. The molecule has 8 heavy (non-hydrogen) atoms. The van der Waals surface area contributed by atoms with E-state index >= 15 is 0 Å². The summed E-state index contributed by atoms with van der Waals surface area (Å²) in [7, 11) is 0. The number of hydrogen-bond acceptors (Lipinski definition) is 4. The third-order valence-electron chi connectivity index (χ3n) is 0.834. The lowest BCUT2D eigenvalue weighted by molar-refractivity contribution is 1.05. The summed E-state index contributed by atoms with van der Waals surface area (Å²) in [6.45, 7) is 2.06. The first kappa shape index (κ1) is 9.62. The molecule has 0 saturated heterocycles. The Morgan fingerprint density at radius 1 is 1.38 bits per heavy atom. The van der Waals surface area contributed by atoms with E-state index in [1.165, 1.54) is 0 Å². The van der Waals surface area contributed by atoms with Crippen molar-refractivity contribution in [1.29, 1.82) is 0 Å². The summed E-state index contributed by atoms with van der Waals surface area (Å²) in [5.74, 6) is 0. The van der Waals surface area contributed by atoms with Gasteiger partial charge < -0.3 is 0 Å². The molecule has 0 aliphatic heterocycles. The van der Waals surface area contributed by atoms with Gasteiger partial charge in [-0.1, -0.05) is 6.92 Å². The largest absolute Gasteiger partial charge is 0.241 e. The van der Waals surface area contributed by atoms with Gasteiger partial charge >= 0.3 is 0 Å². The van der Waals surface area contributed by atoms with Crippen LogP contribution in [0.3, 0.4) is 0 Å². The predicted octanol–water partition coefficient (Wildman–Crippen LogP) is 1.96. The van der Waals surface area contributed by atoms with E-state index in [0.29, 0.717) is 0 Å². The molecule has 1 atom stereocenters. The molecule has 0 radical (unpaired) electrons. The second kappa shape index (κ2) is 3.70. The van der Waals surface area contributed by atoms with E-state index in [0.717, 1.165) is 6.42 Å².